The highest BCUT2D eigenvalue weighted by atomic mass is 32.2. The molecule has 172 valence electrons. The van der Waals surface area contributed by atoms with Crippen LogP contribution in [0.3, 0.4) is 0 Å². The highest BCUT2D eigenvalue weighted by Gasteiger charge is 2.32. The largest absolute Gasteiger partial charge is 0.373 e. The van der Waals surface area contributed by atoms with Gasteiger partial charge in [0.25, 0.3) is 5.91 Å². The maximum Gasteiger partial charge on any atom is 0.279 e. The van der Waals surface area contributed by atoms with Crippen LogP contribution in [-0.4, -0.2) is 48.5 Å². The van der Waals surface area contributed by atoms with E-state index >= 15 is 0 Å². The van der Waals surface area contributed by atoms with Gasteiger partial charge in [-0.3, -0.25) is 4.79 Å². The molecule has 0 bridgehead atoms. The van der Waals surface area contributed by atoms with E-state index in [1.807, 2.05) is 43.5 Å². The van der Waals surface area contributed by atoms with E-state index in [0.29, 0.717) is 30.0 Å². The van der Waals surface area contributed by atoms with Crippen molar-refractivity contribution in [3.63, 3.8) is 0 Å². The second-order valence-corrected chi connectivity index (χ2v) is 11.1. The zero-order valence-electron chi connectivity index (χ0n) is 18.7. The summed E-state index contributed by atoms with van der Waals surface area (Å²) in [7, 11) is -3.68. The molecule has 33 heavy (non-hydrogen) atoms. The number of para-hydroxylation sites is 1. The minimum absolute atomic E-state index is 0.139. The Bertz CT molecular complexity index is 1400. The van der Waals surface area contributed by atoms with Gasteiger partial charge in [0.2, 0.25) is 10.0 Å². The molecule has 0 aliphatic carbocycles. The first kappa shape index (κ1) is 23.4. The SMILES string of the molecule is C#CCn1c(=NC(=O)c2ccc(S(=O)(=O)N3CC(C)OC(C)C3)cc2)sc2cccc(C)c21. The first-order valence-corrected chi connectivity index (χ1v) is 12.8. The van der Waals surface area contributed by atoms with Crippen LogP contribution in [-0.2, 0) is 21.3 Å². The molecule has 1 aromatic heterocycles. The van der Waals surface area contributed by atoms with E-state index in [1.165, 1.54) is 39.9 Å². The third kappa shape index (κ3) is 4.66. The topological polar surface area (TPSA) is 81.0 Å². The normalized spacial score (nSPS) is 20.1. The highest BCUT2D eigenvalue weighted by Crippen LogP contribution is 2.23. The lowest BCUT2D eigenvalue weighted by molar-refractivity contribution is -0.0440. The number of terminal acetylenes is 1. The quantitative estimate of drug-likeness (QED) is 0.534. The number of benzene rings is 2. The fourth-order valence-electron chi connectivity index (χ4n) is 4.03. The standard InChI is InChI=1S/C24H25N3O4S2/c1-5-13-27-22-16(2)7-6-8-21(22)32-24(27)25-23(28)19-9-11-20(12-10-19)33(29,30)26-14-17(3)31-18(4)15-26/h1,6-12,17-18H,13-15H2,2-4H3. The van der Waals surface area contributed by atoms with Crippen LogP contribution >= 0.6 is 11.3 Å². The highest BCUT2D eigenvalue weighted by molar-refractivity contribution is 7.89. The summed E-state index contributed by atoms with van der Waals surface area (Å²) < 4.78 is 36.0. The van der Waals surface area contributed by atoms with Crippen LogP contribution in [0.25, 0.3) is 10.2 Å². The molecule has 1 aliphatic rings. The van der Waals surface area contributed by atoms with E-state index in [9.17, 15) is 13.2 Å². The van der Waals surface area contributed by atoms with Crippen molar-refractivity contribution in [2.24, 2.45) is 4.99 Å². The van der Waals surface area contributed by atoms with E-state index in [4.69, 9.17) is 11.2 Å². The summed E-state index contributed by atoms with van der Waals surface area (Å²) in [4.78, 5) is 17.8. The van der Waals surface area contributed by atoms with Crippen LogP contribution in [0, 0.1) is 19.3 Å². The molecule has 1 fully saturated rings. The third-order valence-electron chi connectivity index (χ3n) is 5.47. The zero-order valence-corrected chi connectivity index (χ0v) is 20.3. The number of rotatable bonds is 4. The first-order valence-electron chi connectivity index (χ1n) is 10.6. The van der Waals surface area contributed by atoms with Gasteiger partial charge in [-0.1, -0.05) is 29.4 Å². The molecule has 0 spiro atoms. The fourth-order valence-corrected chi connectivity index (χ4v) is 6.72. The molecule has 3 aromatic rings. The Morgan fingerprint density at radius 2 is 1.85 bits per heavy atom. The monoisotopic (exact) mass is 483 g/mol. The van der Waals surface area contributed by atoms with Crippen molar-refractivity contribution < 1.29 is 17.9 Å². The number of thiazole rings is 1. The van der Waals surface area contributed by atoms with Crippen molar-refractivity contribution in [2.45, 2.75) is 44.4 Å². The summed E-state index contributed by atoms with van der Waals surface area (Å²) in [5.74, 6) is 2.17. The van der Waals surface area contributed by atoms with E-state index in [1.54, 1.807) is 0 Å². The summed E-state index contributed by atoms with van der Waals surface area (Å²) in [6.45, 7) is 6.58. The lowest BCUT2D eigenvalue weighted by Crippen LogP contribution is -2.48. The number of ether oxygens (including phenoxy) is 1. The number of nitrogens with zero attached hydrogens (tertiary/aromatic N) is 3. The van der Waals surface area contributed by atoms with Gasteiger partial charge in [0.05, 0.1) is 33.9 Å². The molecule has 0 saturated carbocycles. The number of amides is 1. The van der Waals surface area contributed by atoms with Crippen LogP contribution in [0.1, 0.15) is 29.8 Å². The number of sulfonamides is 1. The van der Waals surface area contributed by atoms with E-state index in [2.05, 4.69) is 10.9 Å². The molecule has 1 amide bonds. The Balaban J connectivity index is 1.65. The molecule has 1 aliphatic heterocycles. The van der Waals surface area contributed by atoms with Gasteiger partial charge in [-0.25, -0.2) is 8.42 Å². The molecule has 2 heterocycles. The van der Waals surface area contributed by atoms with E-state index in [-0.39, 0.29) is 17.1 Å². The minimum atomic E-state index is -3.68. The second kappa shape index (κ2) is 9.23. The third-order valence-corrected chi connectivity index (χ3v) is 8.36. The number of fused-ring (bicyclic) bond motifs is 1. The summed E-state index contributed by atoms with van der Waals surface area (Å²) in [6.07, 6.45) is 5.19. The Kier molecular flexibility index (Phi) is 6.54. The smallest absolute Gasteiger partial charge is 0.279 e. The van der Waals surface area contributed by atoms with Gasteiger partial charge >= 0.3 is 0 Å². The number of aryl methyl sites for hydroxylation is 1. The van der Waals surface area contributed by atoms with Gasteiger partial charge < -0.3 is 9.30 Å². The zero-order chi connectivity index (χ0) is 23.8. The Morgan fingerprint density at radius 3 is 2.48 bits per heavy atom. The lowest BCUT2D eigenvalue weighted by atomic mass is 10.2. The van der Waals surface area contributed by atoms with Gasteiger partial charge in [0, 0.05) is 18.7 Å². The van der Waals surface area contributed by atoms with Gasteiger partial charge in [-0.05, 0) is 56.7 Å². The first-order chi connectivity index (χ1) is 15.7. The molecule has 2 unspecified atom stereocenters. The van der Waals surface area contributed by atoms with Crippen molar-refractivity contribution in [3.8, 4) is 12.3 Å². The number of aromatic nitrogens is 1. The predicted molar refractivity (Wildman–Crippen MR) is 128 cm³/mol. The van der Waals surface area contributed by atoms with Crippen LogP contribution < -0.4 is 4.80 Å². The summed E-state index contributed by atoms with van der Waals surface area (Å²) in [6, 6.07) is 11.8. The van der Waals surface area contributed by atoms with Crippen molar-refractivity contribution >= 4 is 37.5 Å². The number of carbonyl (C=O) groups excluding carboxylic acids is 1. The molecule has 0 radical (unpaired) electrons. The van der Waals surface area contributed by atoms with E-state index in [0.717, 1.165) is 15.8 Å². The Morgan fingerprint density at radius 1 is 1.18 bits per heavy atom. The number of hydrogen-bond acceptors (Lipinski definition) is 5. The second-order valence-electron chi connectivity index (χ2n) is 8.12. The maximum absolute atomic E-state index is 13.0. The van der Waals surface area contributed by atoms with Crippen LogP contribution in [0.15, 0.2) is 52.4 Å². The predicted octanol–water partition coefficient (Wildman–Crippen LogP) is 3.18. The number of carbonyl (C=O) groups is 1. The van der Waals surface area contributed by atoms with Gasteiger partial charge in [0.15, 0.2) is 4.80 Å². The average Bonchev–Trinajstić information content (AvgIpc) is 3.11. The van der Waals surface area contributed by atoms with E-state index < -0.39 is 15.9 Å². The number of morpholine rings is 1. The summed E-state index contributed by atoms with van der Waals surface area (Å²) >= 11 is 1.39. The lowest BCUT2D eigenvalue weighted by Gasteiger charge is -2.34. The Hall–Kier alpha value is -2.77. The molecule has 0 N–H and O–H groups in total. The molecule has 1 saturated heterocycles. The van der Waals surface area contributed by atoms with Gasteiger partial charge in [0.1, 0.15) is 0 Å². The molecular weight excluding hydrogens is 458 g/mol. The van der Waals surface area contributed by atoms with Crippen molar-refractivity contribution in [1.82, 2.24) is 8.87 Å². The minimum Gasteiger partial charge on any atom is -0.373 e. The maximum atomic E-state index is 13.0. The van der Waals surface area contributed by atoms with Crippen LogP contribution in [0.4, 0.5) is 0 Å². The molecule has 7 nitrogen and oxygen atoms in total. The van der Waals surface area contributed by atoms with Crippen molar-refractivity contribution in [1.29, 1.82) is 0 Å². The van der Waals surface area contributed by atoms with Crippen molar-refractivity contribution in [3.05, 3.63) is 58.4 Å². The molecular formula is C24H25N3O4S2. The molecule has 2 aromatic carbocycles. The average molecular weight is 484 g/mol. The van der Waals surface area contributed by atoms with Crippen LogP contribution in [0.2, 0.25) is 0 Å². The van der Waals surface area contributed by atoms with Gasteiger partial charge in [-0.15, -0.1) is 6.42 Å². The molecule has 4 rings (SSSR count). The Labute approximate surface area is 197 Å². The van der Waals surface area contributed by atoms with Crippen molar-refractivity contribution in [2.75, 3.05) is 13.1 Å². The number of hydrogen-bond donors (Lipinski definition) is 0. The summed E-state index contributed by atoms with van der Waals surface area (Å²) in [5, 5.41) is 0. The van der Waals surface area contributed by atoms with Crippen LogP contribution in [0.5, 0.6) is 0 Å². The summed E-state index contributed by atoms with van der Waals surface area (Å²) in [5.41, 5.74) is 2.32. The molecule has 2 atom stereocenters. The fraction of sp³-hybridized carbons (Fsp3) is 0.333. The molecule has 9 heteroatoms. The van der Waals surface area contributed by atoms with Gasteiger partial charge in [-0.2, -0.15) is 9.30 Å².